The SMILES string of the molecule is CC1(OCC(=O)O)CN(C(=O)c2c(F)cccc2F)C1. The summed E-state index contributed by atoms with van der Waals surface area (Å²) in [5.74, 6) is -3.72. The number of hydrogen-bond acceptors (Lipinski definition) is 3. The fourth-order valence-corrected chi connectivity index (χ4v) is 2.09. The minimum Gasteiger partial charge on any atom is -0.480 e. The second-order valence-electron chi connectivity index (χ2n) is 4.89. The van der Waals surface area contributed by atoms with Crippen molar-refractivity contribution in [3.63, 3.8) is 0 Å². The Hall–Kier alpha value is -2.02. The summed E-state index contributed by atoms with van der Waals surface area (Å²) in [6.45, 7) is 1.34. The van der Waals surface area contributed by atoms with Gasteiger partial charge < -0.3 is 14.7 Å². The monoisotopic (exact) mass is 285 g/mol. The molecule has 7 heteroatoms. The molecule has 0 aliphatic carbocycles. The highest BCUT2D eigenvalue weighted by atomic mass is 19.1. The Kier molecular flexibility index (Phi) is 3.71. The molecule has 1 aromatic carbocycles. The molecule has 0 unspecified atom stereocenters. The van der Waals surface area contributed by atoms with Crippen molar-refractivity contribution in [2.75, 3.05) is 19.7 Å². The van der Waals surface area contributed by atoms with Crippen LogP contribution < -0.4 is 0 Å². The number of likely N-dealkylation sites (tertiary alicyclic amines) is 1. The molecule has 1 heterocycles. The fourth-order valence-electron chi connectivity index (χ4n) is 2.09. The van der Waals surface area contributed by atoms with E-state index in [0.29, 0.717) is 0 Å². The van der Waals surface area contributed by atoms with Gasteiger partial charge in [0, 0.05) is 0 Å². The molecule has 0 aromatic heterocycles. The summed E-state index contributed by atoms with van der Waals surface area (Å²) in [6.07, 6.45) is 0. The van der Waals surface area contributed by atoms with Gasteiger partial charge in [-0.25, -0.2) is 13.6 Å². The largest absolute Gasteiger partial charge is 0.480 e. The first-order chi connectivity index (χ1) is 9.32. The molecule has 1 N–H and O–H groups in total. The van der Waals surface area contributed by atoms with Crippen LogP contribution in [0.15, 0.2) is 18.2 Å². The van der Waals surface area contributed by atoms with E-state index in [1.165, 1.54) is 11.0 Å². The third-order valence-electron chi connectivity index (χ3n) is 3.06. The molecule has 108 valence electrons. The predicted molar refractivity (Wildman–Crippen MR) is 64.3 cm³/mol. The van der Waals surface area contributed by atoms with Gasteiger partial charge in [-0.1, -0.05) is 6.07 Å². The van der Waals surface area contributed by atoms with Crippen LogP contribution in [0.3, 0.4) is 0 Å². The Morgan fingerprint density at radius 3 is 2.40 bits per heavy atom. The van der Waals surface area contributed by atoms with Crippen LogP contribution in [0.25, 0.3) is 0 Å². The van der Waals surface area contributed by atoms with Crippen LogP contribution in [0.1, 0.15) is 17.3 Å². The summed E-state index contributed by atoms with van der Waals surface area (Å²) in [5, 5.41) is 8.52. The molecular weight excluding hydrogens is 272 g/mol. The van der Waals surface area contributed by atoms with Gasteiger partial charge in [0.2, 0.25) is 0 Å². The average molecular weight is 285 g/mol. The van der Waals surface area contributed by atoms with Crippen molar-refractivity contribution in [1.82, 2.24) is 4.90 Å². The molecule has 0 spiro atoms. The number of aliphatic carboxylic acids is 1. The molecule has 2 rings (SSSR count). The maximum absolute atomic E-state index is 13.5. The summed E-state index contributed by atoms with van der Waals surface area (Å²) >= 11 is 0. The van der Waals surface area contributed by atoms with Crippen molar-refractivity contribution in [3.8, 4) is 0 Å². The summed E-state index contributed by atoms with van der Waals surface area (Å²) in [4.78, 5) is 23.6. The third kappa shape index (κ3) is 2.77. The predicted octanol–water partition coefficient (Wildman–Crippen LogP) is 1.28. The van der Waals surface area contributed by atoms with Crippen molar-refractivity contribution in [2.24, 2.45) is 0 Å². The van der Waals surface area contributed by atoms with Crippen molar-refractivity contribution in [2.45, 2.75) is 12.5 Å². The molecule has 0 saturated carbocycles. The van der Waals surface area contributed by atoms with Crippen LogP contribution in [-0.2, 0) is 9.53 Å². The van der Waals surface area contributed by atoms with E-state index >= 15 is 0 Å². The summed E-state index contributed by atoms with van der Waals surface area (Å²) in [5.41, 5.74) is -1.40. The van der Waals surface area contributed by atoms with Gasteiger partial charge in [0.1, 0.15) is 29.4 Å². The van der Waals surface area contributed by atoms with Gasteiger partial charge in [-0.05, 0) is 19.1 Å². The van der Waals surface area contributed by atoms with Crippen molar-refractivity contribution in [1.29, 1.82) is 0 Å². The molecule has 1 saturated heterocycles. The first-order valence-electron chi connectivity index (χ1n) is 5.91. The lowest BCUT2D eigenvalue weighted by atomic mass is 9.95. The van der Waals surface area contributed by atoms with Gasteiger partial charge in [0.05, 0.1) is 13.1 Å². The minimum atomic E-state index is -1.11. The maximum Gasteiger partial charge on any atom is 0.329 e. The maximum atomic E-state index is 13.5. The molecule has 1 amide bonds. The second kappa shape index (κ2) is 5.16. The zero-order valence-corrected chi connectivity index (χ0v) is 10.7. The number of amides is 1. The first kappa shape index (κ1) is 14.4. The van der Waals surface area contributed by atoms with E-state index in [-0.39, 0.29) is 13.1 Å². The van der Waals surface area contributed by atoms with Crippen LogP contribution in [0.4, 0.5) is 8.78 Å². The third-order valence-corrected chi connectivity index (χ3v) is 3.06. The van der Waals surface area contributed by atoms with Crippen molar-refractivity contribution >= 4 is 11.9 Å². The fraction of sp³-hybridized carbons (Fsp3) is 0.385. The van der Waals surface area contributed by atoms with Gasteiger partial charge >= 0.3 is 5.97 Å². The molecule has 0 radical (unpaired) electrons. The molecular formula is C13H13F2NO4. The normalized spacial score (nSPS) is 16.6. The summed E-state index contributed by atoms with van der Waals surface area (Å²) in [7, 11) is 0. The van der Waals surface area contributed by atoms with Gasteiger partial charge in [0.25, 0.3) is 5.91 Å². The smallest absolute Gasteiger partial charge is 0.329 e. The Morgan fingerprint density at radius 2 is 1.90 bits per heavy atom. The summed E-state index contributed by atoms with van der Waals surface area (Å²) in [6, 6.07) is 3.20. The van der Waals surface area contributed by atoms with E-state index in [4.69, 9.17) is 9.84 Å². The average Bonchev–Trinajstić information content (AvgIpc) is 2.32. The number of benzene rings is 1. The molecule has 5 nitrogen and oxygen atoms in total. The van der Waals surface area contributed by atoms with Gasteiger partial charge in [-0.3, -0.25) is 4.79 Å². The number of ether oxygens (including phenoxy) is 1. The second-order valence-corrected chi connectivity index (χ2v) is 4.89. The standard InChI is InChI=1S/C13H13F2NO4/c1-13(20-5-10(17)18)6-16(7-13)12(19)11-8(14)3-2-4-9(11)15/h2-4H,5-7H2,1H3,(H,17,18). The van der Waals surface area contributed by atoms with Gasteiger partial charge in [-0.15, -0.1) is 0 Å². The van der Waals surface area contributed by atoms with E-state index in [9.17, 15) is 18.4 Å². The highest BCUT2D eigenvalue weighted by Crippen LogP contribution is 2.27. The number of rotatable bonds is 4. The number of carboxylic acids is 1. The van der Waals surface area contributed by atoms with Crippen LogP contribution in [0.2, 0.25) is 0 Å². The van der Waals surface area contributed by atoms with E-state index < -0.39 is 41.3 Å². The van der Waals surface area contributed by atoms with Crippen molar-refractivity contribution < 1.29 is 28.2 Å². The Balaban J connectivity index is 2.02. The molecule has 1 aliphatic heterocycles. The van der Waals surface area contributed by atoms with Gasteiger partial charge in [-0.2, -0.15) is 0 Å². The Morgan fingerprint density at radius 1 is 1.35 bits per heavy atom. The molecule has 20 heavy (non-hydrogen) atoms. The lowest BCUT2D eigenvalue weighted by molar-refractivity contribution is -0.159. The molecule has 1 aromatic rings. The highest BCUT2D eigenvalue weighted by molar-refractivity contribution is 5.95. The Bertz CT molecular complexity index is 535. The first-order valence-corrected chi connectivity index (χ1v) is 5.91. The van der Waals surface area contributed by atoms with E-state index in [2.05, 4.69) is 0 Å². The summed E-state index contributed by atoms with van der Waals surface area (Å²) < 4.78 is 32.1. The highest BCUT2D eigenvalue weighted by Gasteiger charge is 2.44. The van der Waals surface area contributed by atoms with Crippen LogP contribution >= 0.6 is 0 Å². The molecule has 0 bridgehead atoms. The van der Waals surface area contributed by atoms with Gasteiger partial charge in [0.15, 0.2) is 0 Å². The lowest BCUT2D eigenvalue weighted by Crippen LogP contribution is -2.63. The van der Waals surface area contributed by atoms with E-state index in [0.717, 1.165) is 12.1 Å². The molecule has 1 fully saturated rings. The van der Waals surface area contributed by atoms with E-state index in [1.54, 1.807) is 6.92 Å². The lowest BCUT2D eigenvalue weighted by Gasteiger charge is -2.47. The van der Waals surface area contributed by atoms with E-state index in [1.807, 2.05) is 0 Å². The number of carboxylic acid groups (broad SMARTS) is 1. The van der Waals surface area contributed by atoms with Crippen LogP contribution in [-0.4, -0.2) is 47.2 Å². The molecule has 0 atom stereocenters. The number of halogens is 2. The number of carbonyl (C=O) groups is 2. The minimum absolute atomic E-state index is 0.0902. The quantitative estimate of drug-likeness (QED) is 0.905. The topological polar surface area (TPSA) is 66.8 Å². The van der Waals surface area contributed by atoms with Crippen LogP contribution in [0, 0.1) is 11.6 Å². The zero-order chi connectivity index (χ0) is 14.9. The number of hydrogen-bond donors (Lipinski definition) is 1. The Labute approximate surface area is 113 Å². The molecule has 1 aliphatic rings. The van der Waals surface area contributed by atoms with Crippen molar-refractivity contribution in [3.05, 3.63) is 35.4 Å². The zero-order valence-electron chi connectivity index (χ0n) is 10.7. The van der Waals surface area contributed by atoms with Crippen LogP contribution in [0.5, 0.6) is 0 Å². The number of carbonyl (C=O) groups excluding carboxylic acids is 1. The number of nitrogens with zero attached hydrogens (tertiary/aromatic N) is 1.